The normalized spacial score (nSPS) is 15.2. The minimum atomic E-state index is -4.49. The molecule has 0 bridgehead atoms. The van der Waals surface area contributed by atoms with Crippen LogP contribution >= 0.6 is 0 Å². The quantitative estimate of drug-likeness (QED) is 0.255. The van der Waals surface area contributed by atoms with E-state index in [-0.39, 0.29) is 25.6 Å². The van der Waals surface area contributed by atoms with Crippen molar-refractivity contribution in [2.75, 3.05) is 57.2 Å². The number of nitrogens with zero attached hydrogens (tertiary/aromatic N) is 6. The van der Waals surface area contributed by atoms with Gasteiger partial charge in [-0.2, -0.15) is 22.6 Å². The Hall–Kier alpha value is -3.46. The molecule has 0 radical (unpaired) electrons. The minimum Gasteiger partial charge on any atom is -0.397 e. The van der Waals surface area contributed by atoms with E-state index in [2.05, 4.69) is 16.6 Å². The number of hydrogen-bond donors (Lipinski definition) is 2. The molecule has 1 fully saturated rings. The maximum Gasteiger partial charge on any atom is 0.416 e. The molecule has 1 aliphatic rings. The zero-order valence-corrected chi connectivity index (χ0v) is 29.9. The molecule has 10 nitrogen and oxygen atoms in total. The van der Waals surface area contributed by atoms with Crippen LogP contribution in [0.5, 0.6) is 0 Å². The summed E-state index contributed by atoms with van der Waals surface area (Å²) in [4.78, 5) is 8.80. The lowest BCUT2D eigenvalue weighted by atomic mass is 9.87. The first-order valence-corrected chi connectivity index (χ1v) is 18.1. The van der Waals surface area contributed by atoms with Crippen LogP contribution < -0.4 is 10.6 Å². The number of halogens is 3. The summed E-state index contributed by atoms with van der Waals surface area (Å²) in [5.74, 6) is 1.02. The first-order chi connectivity index (χ1) is 22.5. The first kappa shape index (κ1) is 39.0. The minimum absolute atomic E-state index is 0.00183. The second-order valence-corrected chi connectivity index (χ2v) is 14.1. The van der Waals surface area contributed by atoms with Crippen molar-refractivity contribution in [1.82, 2.24) is 24.0 Å². The molecule has 4 rings (SSSR count). The van der Waals surface area contributed by atoms with E-state index < -0.39 is 27.9 Å². The average Bonchev–Trinajstić information content (AvgIpc) is 3.33. The lowest BCUT2D eigenvalue weighted by molar-refractivity contribution is -0.137. The number of pyridine rings is 1. The van der Waals surface area contributed by atoms with E-state index in [9.17, 15) is 26.7 Å². The van der Waals surface area contributed by atoms with Crippen LogP contribution in [0, 0.1) is 12.8 Å². The molecule has 1 aliphatic heterocycles. The van der Waals surface area contributed by atoms with Crippen molar-refractivity contribution >= 4 is 27.1 Å². The molecular formula is C34H50F3N7O3S. The van der Waals surface area contributed by atoms with Gasteiger partial charge in [-0.3, -0.25) is 4.68 Å². The summed E-state index contributed by atoms with van der Waals surface area (Å²) < 4.78 is 67.3. The molecule has 3 heterocycles. The van der Waals surface area contributed by atoms with E-state index in [1.54, 1.807) is 18.5 Å². The molecule has 14 heteroatoms. The van der Waals surface area contributed by atoms with Gasteiger partial charge in [0, 0.05) is 50.6 Å². The van der Waals surface area contributed by atoms with E-state index in [0.29, 0.717) is 34.7 Å². The number of rotatable bonds is 12. The number of β-amino-alcohol motifs (C(OH)–C–C–N with tert-alkyl or cyclic N) is 1. The van der Waals surface area contributed by atoms with Crippen molar-refractivity contribution in [2.24, 2.45) is 5.92 Å². The Labute approximate surface area is 283 Å². The number of nitrogen functional groups attached to an aromatic ring is 1. The lowest BCUT2D eigenvalue weighted by Crippen LogP contribution is -2.40. The molecule has 48 heavy (non-hydrogen) atoms. The third-order valence-electron chi connectivity index (χ3n) is 8.58. The van der Waals surface area contributed by atoms with Gasteiger partial charge in [0.2, 0.25) is 10.0 Å². The third kappa shape index (κ3) is 9.58. The Balaban J connectivity index is 0.00000307. The number of alkyl halides is 3. The summed E-state index contributed by atoms with van der Waals surface area (Å²) in [6.45, 7) is 14.0. The molecule has 1 aromatic carbocycles. The Morgan fingerprint density at radius 1 is 1.10 bits per heavy atom. The number of nitrogens with two attached hydrogens (primary N) is 1. The van der Waals surface area contributed by atoms with Crippen molar-refractivity contribution in [1.29, 1.82) is 0 Å². The number of sulfonamides is 1. The van der Waals surface area contributed by atoms with E-state index in [1.165, 1.54) is 16.4 Å². The van der Waals surface area contributed by atoms with Crippen molar-refractivity contribution in [3.63, 3.8) is 0 Å². The zero-order chi connectivity index (χ0) is 36.0. The van der Waals surface area contributed by atoms with Gasteiger partial charge in [-0.15, -0.1) is 0 Å². The second kappa shape index (κ2) is 16.3. The third-order valence-corrected chi connectivity index (χ3v) is 9.90. The van der Waals surface area contributed by atoms with Crippen LogP contribution in [0.1, 0.15) is 56.1 Å². The van der Waals surface area contributed by atoms with Crippen molar-refractivity contribution in [3.8, 4) is 11.3 Å². The van der Waals surface area contributed by atoms with Crippen LogP contribution in [0.2, 0.25) is 0 Å². The molecule has 1 atom stereocenters. The number of aromatic nitrogens is 3. The van der Waals surface area contributed by atoms with Crippen LogP contribution in [0.3, 0.4) is 0 Å². The van der Waals surface area contributed by atoms with Gasteiger partial charge in [0.25, 0.3) is 0 Å². The number of likely N-dealkylation sites (tertiary alicyclic amines) is 1. The van der Waals surface area contributed by atoms with Gasteiger partial charge < -0.3 is 20.6 Å². The molecule has 0 aliphatic carbocycles. The second-order valence-electron chi connectivity index (χ2n) is 12.1. The highest BCUT2D eigenvalue weighted by atomic mass is 32.2. The topological polar surface area (TPSA) is 121 Å². The number of benzene rings is 1. The van der Waals surface area contributed by atoms with Crippen LogP contribution in [0.25, 0.3) is 16.8 Å². The molecule has 266 valence electrons. The molecule has 1 unspecified atom stereocenters. The monoisotopic (exact) mass is 693 g/mol. The number of aliphatic hydroxyl groups excluding tert-OH is 1. The fraction of sp³-hybridized carbons (Fsp3) is 0.529. The molecule has 0 saturated carbocycles. The van der Waals surface area contributed by atoms with Gasteiger partial charge in [-0.1, -0.05) is 39.5 Å². The fourth-order valence-corrected chi connectivity index (χ4v) is 6.65. The summed E-state index contributed by atoms with van der Waals surface area (Å²) >= 11 is 0. The predicted molar refractivity (Wildman–Crippen MR) is 187 cm³/mol. The molecule has 0 spiro atoms. The van der Waals surface area contributed by atoms with Gasteiger partial charge >= 0.3 is 6.18 Å². The van der Waals surface area contributed by atoms with Gasteiger partial charge in [0.15, 0.2) is 0 Å². The molecule has 2 aromatic heterocycles. The largest absolute Gasteiger partial charge is 0.416 e. The average molecular weight is 694 g/mol. The van der Waals surface area contributed by atoms with Gasteiger partial charge in [0.05, 0.1) is 41.5 Å². The van der Waals surface area contributed by atoms with Crippen LogP contribution in [0.15, 0.2) is 43.0 Å². The van der Waals surface area contributed by atoms with Crippen molar-refractivity contribution < 1.29 is 26.7 Å². The molecule has 0 amide bonds. The highest BCUT2D eigenvalue weighted by molar-refractivity contribution is 7.88. The Morgan fingerprint density at radius 3 is 2.23 bits per heavy atom. The van der Waals surface area contributed by atoms with Gasteiger partial charge in [-0.05, 0) is 68.6 Å². The summed E-state index contributed by atoms with van der Waals surface area (Å²) in [6.07, 6.45) is -2.50. The molecule has 3 aromatic rings. The van der Waals surface area contributed by atoms with E-state index in [4.69, 9.17) is 10.7 Å². The summed E-state index contributed by atoms with van der Waals surface area (Å²) in [6, 6.07) is 8.36. The number of allylic oxidation sites excluding steroid dienone is 1. The Bertz CT molecular complexity index is 1630. The highest BCUT2D eigenvalue weighted by Gasteiger charge is 2.31. The van der Waals surface area contributed by atoms with Crippen molar-refractivity contribution in [3.05, 3.63) is 65.5 Å². The van der Waals surface area contributed by atoms with Crippen LogP contribution in [-0.2, 0) is 29.3 Å². The molecule has 1 saturated heterocycles. The van der Waals surface area contributed by atoms with E-state index in [1.807, 2.05) is 45.0 Å². The zero-order valence-electron chi connectivity index (χ0n) is 29.0. The number of aliphatic hydroxyl groups is 1. The Kier molecular flexibility index (Phi) is 13.2. The maximum absolute atomic E-state index is 13.2. The number of hydrogen-bond acceptors (Lipinski definition) is 8. The van der Waals surface area contributed by atoms with Crippen molar-refractivity contribution in [2.45, 2.75) is 65.9 Å². The van der Waals surface area contributed by atoms with E-state index >= 15 is 0 Å². The SMILES string of the molecule is C=C(c1nc(N(C)C)ccc1N)C1CCN(CC(O)Cn2nc(-c3ccc(C(F)(F)F)cc3)c(CN(CC)S(C)(=O)=O)c2C)CC1.CC. The van der Waals surface area contributed by atoms with Crippen LogP contribution in [0.4, 0.5) is 24.7 Å². The molecule has 3 N–H and O–H groups in total. The first-order valence-electron chi connectivity index (χ1n) is 16.2. The van der Waals surface area contributed by atoms with Gasteiger partial charge in [0.1, 0.15) is 5.82 Å². The lowest BCUT2D eigenvalue weighted by Gasteiger charge is -2.34. The van der Waals surface area contributed by atoms with Gasteiger partial charge in [-0.25, -0.2) is 13.4 Å². The molecular weight excluding hydrogens is 643 g/mol. The highest BCUT2D eigenvalue weighted by Crippen LogP contribution is 2.35. The predicted octanol–water partition coefficient (Wildman–Crippen LogP) is 5.51. The number of piperidine rings is 1. The standard InChI is InChI=1S/C32H44F3N7O3S.C2H6/c1-7-41(46(6,44)45)20-27-22(3)42(38-31(27)24-8-10-25(11-9-24)32(33,34)35)19-26(43)18-40-16-14-23(15-17-40)21(2)30-28(36)12-13-29(37-30)39(4)5;1-2/h8-13,23,26,43H,2,7,14-20,36H2,1,3-6H3;1-2H3. The fourth-order valence-electron chi connectivity index (χ4n) is 5.82. The van der Waals surface area contributed by atoms with E-state index in [0.717, 1.165) is 61.4 Å². The summed E-state index contributed by atoms with van der Waals surface area (Å²) in [5.41, 5.74) is 9.69. The maximum atomic E-state index is 13.2. The Morgan fingerprint density at radius 2 is 1.71 bits per heavy atom. The van der Waals surface area contributed by atoms with Crippen LogP contribution in [-0.4, -0.2) is 90.1 Å². The smallest absolute Gasteiger partial charge is 0.397 e. The number of anilines is 2. The summed E-state index contributed by atoms with van der Waals surface area (Å²) in [5, 5.41) is 15.8. The summed E-state index contributed by atoms with van der Waals surface area (Å²) in [7, 11) is 0.291.